The number of hydrogen-bond donors (Lipinski definition) is 0. The first-order valence-corrected chi connectivity index (χ1v) is 8.25. The topological polar surface area (TPSA) is 58.6 Å². The van der Waals surface area contributed by atoms with Crippen molar-refractivity contribution < 1.29 is 9.53 Å². The summed E-state index contributed by atoms with van der Waals surface area (Å²) in [4.78, 5) is 25.3. The number of carbonyl (C=O) groups is 1. The predicted molar refractivity (Wildman–Crippen MR) is 84.0 cm³/mol. The van der Waals surface area contributed by atoms with Crippen molar-refractivity contribution in [2.24, 2.45) is 0 Å². The summed E-state index contributed by atoms with van der Waals surface area (Å²) in [5.41, 5.74) is 0.493. The summed E-state index contributed by atoms with van der Waals surface area (Å²) in [6.45, 7) is 5.71. The van der Waals surface area contributed by atoms with Gasteiger partial charge < -0.3 is 14.5 Å². The Morgan fingerprint density at radius 1 is 1.27 bits per heavy atom. The molecule has 3 heterocycles. The molecule has 6 nitrogen and oxygen atoms in total. The van der Waals surface area contributed by atoms with Crippen LogP contribution in [0.2, 0.25) is 0 Å². The zero-order valence-electron chi connectivity index (χ0n) is 13.2. The number of nitrogens with zero attached hydrogens (tertiary/aromatic N) is 4. The molecule has 0 radical (unpaired) electrons. The minimum Gasteiger partial charge on any atom is -0.378 e. The molecule has 3 rings (SSSR count). The first-order chi connectivity index (χ1) is 10.8. The Morgan fingerprint density at radius 2 is 2.09 bits per heavy atom. The van der Waals surface area contributed by atoms with E-state index in [1.807, 2.05) is 11.0 Å². The average Bonchev–Trinajstić information content (AvgIpc) is 2.62. The Kier molecular flexibility index (Phi) is 4.87. The number of hydrogen-bond acceptors (Lipinski definition) is 5. The maximum absolute atomic E-state index is 12.5. The number of piperidine rings is 1. The summed E-state index contributed by atoms with van der Waals surface area (Å²) in [6.07, 6.45) is 6.29. The summed E-state index contributed by atoms with van der Waals surface area (Å²) in [5.74, 6) is 0.871. The van der Waals surface area contributed by atoms with Crippen LogP contribution < -0.4 is 4.90 Å². The molecule has 2 aliphatic rings. The fourth-order valence-electron chi connectivity index (χ4n) is 3.28. The first kappa shape index (κ1) is 15.2. The highest BCUT2D eigenvalue weighted by atomic mass is 16.5. The Balaban J connectivity index is 1.78. The lowest BCUT2D eigenvalue weighted by Gasteiger charge is -2.36. The fourth-order valence-corrected chi connectivity index (χ4v) is 3.28. The molecule has 0 aromatic carbocycles. The monoisotopic (exact) mass is 304 g/mol. The Hall–Kier alpha value is -1.69. The summed E-state index contributed by atoms with van der Waals surface area (Å²) in [5, 5.41) is 0. The van der Waals surface area contributed by atoms with Gasteiger partial charge in [-0.3, -0.25) is 4.79 Å². The Bertz CT molecular complexity index is 517. The van der Waals surface area contributed by atoms with Crippen LogP contribution in [0.4, 0.5) is 5.82 Å². The lowest BCUT2D eigenvalue weighted by molar-refractivity contribution is 0.0299. The van der Waals surface area contributed by atoms with E-state index in [2.05, 4.69) is 21.8 Å². The number of amides is 1. The summed E-state index contributed by atoms with van der Waals surface area (Å²) >= 11 is 0. The van der Waals surface area contributed by atoms with Crippen LogP contribution in [0, 0.1) is 0 Å². The van der Waals surface area contributed by atoms with Crippen LogP contribution in [-0.4, -0.2) is 59.7 Å². The predicted octanol–water partition coefficient (Wildman–Crippen LogP) is 1.72. The van der Waals surface area contributed by atoms with Crippen molar-refractivity contribution in [3.63, 3.8) is 0 Å². The van der Waals surface area contributed by atoms with Gasteiger partial charge in [0, 0.05) is 31.7 Å². The summed E-state index contributed by atoms with van der Waals surface area (Å²) < 4.78 is 5.30. The van der Waals surface area contributed by atoms with Crippen LogP contribution in [0.5, 0.6) is 0 Å². The lowest BCUT2D eigenvalue weighted by Crippen LogP contribution is -2.42. The highest BCUT2D eigenvalue weighted by Crippen LogP contribution is 2.25. The molecule has 1 aromatic heterocycles. The fraction of sp³-hybridized carbons (Fsp3) is 0.688. The van der Waals surface area contributed by atoms with Gasteiger partial charge in [0.2, 0.25) is 0 Å². The maximum atomic E-state index is 12.5. The van der Waals surface area contributed by atoms with Crippen molar-refractivity contribution in [2.45, 2.75) is 38.6 Å². The third-order valence-corrected chi connectivity index (χ3v) is 4.56. The molecule has 1 unspecified atom stereocenters. The average molecular weight is 304 g/mol. The zero-order chi connectivity index (χ0) is 15.4. The molecule has 2 aliphatic heterocycles. The third-order valence-electron chi connectivity index (χ3n) is 4.56. The van der Waals surface area contributed by atoms with E-state index in [9.17, 15) is 4.79 Å². The number of ether oxygens (including phenoxy) is 1. The van der Waals surface area contributed by atoms with Gasteiger partial charge in [-0.2, -0.15) is 0 Å². The SMILES string of the molecule is CCC1CCCCN1c1cc(C(=O)N2CCOCC2)ncn1. The van der Waals surface area contributed by atoms with Crippen LogP contribution in [0.25, 0.3) is 0 Å². The molecule has 1 aromatic rings. The van der Waals surface area contributed by atoms with E-state index in [4.69, 9.17) is 4.74 Å². The lowest BCUT2D eigenvalue weighted by atomic mass is 10.00. The van der Waals surface area contributed by atoms with E-state index < -0.39 is 0 Å². The largest absolute Gasteiger partial charge is 0.378 e. The molecule has 0 spiro atoms. The van der Waals surface area contributed by atoms with E-state index in [1.54, 1.807) is 0 Å². The van der Waals surface area contributed by atoms with Crippen molar-refractivity contribution >= 4 is 11.7 Å². The maximum Gasteiger partial charge on any atom is 0.272 e. The molecule has 0 bridgehead atoms. The molecule has 0 saturated carbocycles. The normalized spacial score (nSPS) is 22.7. The van der Waals surface area contributed by atoms with Gasteiger partial charge in [0.25, 0.3) is 5.91 Å². The number of morpholine rings is 1. The van der Waals surface area contributed by atoms with Gasteiger partial charge in [-0.25, -0.2) is 9.97 Å². The van der Waals surface area contributed by atoms with Crippen molar-refractivity contribution in [2.75, 3.05) is 37.7 Å². The van der Waals surface area contributed by atoms with Crippen molar-refractivity contribution in [3.8, 4) is 0 Å². The van der Waals surface area contributed by atoms with Gasteiger partial charge in [-0.05, 0) is 25.7 Å². The highest BCUT2D eigenvalue weighted by molar-refractivity contribution is 5.93. The van der Waals surface area contributed by atoms with Crippen molar-refractivity contribution in [3.05, 3.63) is 18.1 Å². The van der Waals surface area contributed by atoms with Crippen molar-refractivity contribution in [1.82, 2.24) is 14.9 Å². The van der Waals surface area contributed by atoms with E-state index >= 15 is 0 Å². The summed E-state index contributed by atoms with van der Waals surface area (Å²) in [6, 6.07) is 2.38. The molecule has 22 heavy (non-hydrogen) atoms. The van der Waals surface area contributed by atoms with Gasteiger partial charge >= 0.3 is 0 Å². The summed E-state index contributed by atoms with van der Waals surface area (Å²) in [7, 11) is 0. The van der Waals surface area contributed by atoms with E-state index in [-0.39, 0.29) is 5.91 Å². The molecule has 120 valence electrons. The first-order valence-electron chi connectivity index (χ1n) is 8.25. The smallest absolute Gasteiger partial charge is 0.272 e. The number of anilines is 1. The standard InChI is InChI=1S/C16H24N4O2/c1-2-13-5-3-4-6-20(13)15-11-14(17-12-18-15)16(21)19-7-9-22-10-8-19/h11-13H,2-10H2,1H3. The minimum absolute atomic E-state index is 0.0167. The molecule has 1 atom stereocenters. The van der Waals surface area contributed by atoms with Gasteiger partial charge in [-0.1, -0.05) is 6.92 Å². The number of aromatic nitrogens is 2. The van der Waals surface area contributed by atoms with Crippen LogP contribution in [0.3, 0.4) is 0 Å². The van der Waals surface area contributed by atoms with Crippen LogP contribution in [0.1, 0.15) is 43.1 Å². The third kappa shape index (κ3) is 3.21. The van der Waals surface area contributed by atoms with Gasteiger partial charge in [0.05, 0.1) is 13.2 Å². The highest BCUT2D eigenvalue weighted by Gasteiger charge is 2.24. The Labute approximate surface area is 131 Å². The molecule has 0 N–H and O–H groups in total. The van der Waals surface area contributed by atoms with E-state index in [0.717, 1.165) is 18.8 Å². The van der Waals surface area contributed by atoms with Crippen molar-refractivity contribution in [1.29, 1.82) is 0 Å². The number of carbonyl (C=O) groups excluding carboxylic acids is 1. The minimum atomic E-state index is -0.0167. The second-order valence-electron chi connectivity index (χ2n) is 5.92. The number of rotatable bonds is 3. The van der Waals surface area contributed by atoms with Gasteiger partial charge in [-0.15, -0.1) is 0 Å². The van der Waals surface area contributed by atoms with E-state index in [1.165, 1.54) is 25.6 Å². The molecule has 2 saturated heterocycles. The van der Waals surface area contributed by atoms with Crippen LogP contribution in [0.15, 0.2) is 12.4 Å². The molecular formula is C16H24N4O2. The van der Waals surface area contributed by atoms with Gasteiger partial charge in [0.1, 0.15) is 17.8 Å². The van der Waals surface area contributed by atoms with Gasteiger partial charge in [0.15, 0.2) is 0 Å². The zero-order valence-corrected chi connectivity index (χ0v) is 13.2. The Morgan fingerprint density at radius 3 is 2.86 bits per heavy atom. The quantitative estimate of drug-likeness (QED) is 0.851. The molecule has 6 heteroatoms. The van der Waals surface area contributed by atoms with Crippen LogP contribution in [-0.2, 0) is 4.74 Å². The van der Waals surface area contributed by atoms with E-state index in [0.29, 0.717) is 38.0 Å². The second kappa shape index (κ2) is 7.05. The second-order valence-corrected chi connectivity index (χ2v) is 5.92. The van der Waals surface area contributed by atoms with Crippen LogP contribution >= 0.6 is 0 Å². The molecule has 0 aliphatic carbocycles. The molecule has 2 fully saturated rings. The molecular weight excluding hydrogens is 280 g/mol. The molecule has 1 amide bonds.